The number of methoxy groups -OCH3 is 1. The number of nitrogens with two attached hydrogens (primary N) is 2. The molecule has 0 aliphatic rings. The highest BCUT2D eigenvalue weighted by molar-refractivity contribution is 5.92. The van der Waals surface area contributed by atoms with Gasteiger partial charge in [-0.15, -0.1) is 0 Å². The summed E-state index contributed by atoms with van der Waals surface area (Å²) < 4.78 is 4.60. The Balaban J connectivity index is 3.22. The number of aryl methyl sites for hydroxylation is 1. The standard InChI is InChI=1S/C10H14N2O2/c1-3-6-4-7(10(13)14-2)5-8(11)9(6)12/h4-5H,3,11-12H2,1-2H3. The van der Waals surface area contributed by atoms with E-state index in [1.807, 2.05) is 6.92 Å². The number of rotatable bonds is 2. The van der Waals surface area contributed by atoms with Crippen LogP contribution >= 0.6 is 0 Å². The van der Waals surface area contributed by atoms with E-state index in [1.54, 1.807) is 6.07 Å². The summed E-state index contributed by atoms with van der Waals surface area (Å²) in [6, 6.07) is 3.23. The topological polar surface area (TPSA) is 78.3 Å². The maximum atomic E-state index is 11.2. The Morgan fingerprint density at radius 2 is 2.07 bits per heavy atom. The Morgan fingerprint density at radius 1 is 1.43 bits per heavy atom. The second-order valence-corrected chi connectivity index (χ2v) is 2.98. The van der Waals surface area contributed by atoms with E-state index in [4.69, 9.17) is 11.5 Å². The van der Waals surface area contributed by atoms with Gasteiger partial charge in [-0.1, -0.05) is 6.92 Å². The molecule has 0 saturated heterocycles. The highest BCUT2D eigenvalue weighted by atomic mass is 16.5. The lowest BCUT2D eigenvalue weighted by Crippen LogP contribution is -2.06. The Labute approximate surface area is 82.8 Å². The van der Waals surface area contributed by atoms with Crippen LogP contribution in [-0.2, 0) is 11.2 Å². The number of carbonyl (C=O) groups excluding carboxylic acids is 1. The van der Waals surface area contributed by atoms with Crippen molar-refractivity contribution in [2.75, 3.05) is 18.6 Å². The lowest BCUT2D eigenvalue weighted by Gasteiger charge is -2.08. The third kappa shape index (κ3) is 1.79. The monoisotopic (exact) mass is 194 g/mol. The van der Waals surface area contributed by atoms with Crippen LogP contribution in [-0.4, -0.2) is 13.1 Å². The first-order valence-electron chi connectivity index (χ1n) is 4.36. The van der Waals surface area contributed by atoms with Crippen LogP contribution in [0.2, 0.25) is 0 Å². The summed E-state index contributed by atoms with van der Waals surface area (Å²) >= 11 is 0. The van der Waals surface area contributed by atoms with Crippen molar-refractivity contribution in [3.63, 3.8) is 0 Å². The van der Waals surface area contributed by atoms with Gasteiger partial charge in [0.25, 0.3) is 0 Å². The van der Waals surface area contributed by atoms with Crippen molar-refractivity contribution in [1.29, 1.82) is 0 Å². The van der Waals surface area contributed by atoms with Gasteiger partial charge in [-0.25, -0.2) is 4.79 Å². The molecule has 0 saturated carbocycles. The molecule has 0 atom stereocenters. The molecule has 0 aliphatic heterocycles. The third-order valence-electron chi connectivity index (χ3n) is 2.10. The Bertz CT molecular complexity index is 361. The zero-order valence-corrected chi connectivity index (χ0v) is 8.33. The second-order valence-electron chi connectivity index (χ2n) is 2.98. The molecule has 0 aliphatic carbocycles. The molecule has 0 amide bonds. The first kappa shape index (κ1) is 10.4. The van der Waals surface area contributed by atoms with Gasteiger partial charge in [0.1, 0.15) is 0 Å². The summed E-state index contributed by atoms with van der Waals surface area (Å²) in [6.07, 6.45) is 0.737. The Hall–Kier alpha value is -1.71. The fourth-order valence-electron chi connectivity index (χ4n) is 1.27. The van der Waals surface area contributed by atoms with Gasteiger partial charge in [0, 0.05) is 0 Å². The van der Waals surface area contributed by atoms with E-state index in [0.717, 1.165) is 12.0 Å². The molecule has 4 N–H and O–H groups in total. The van der Waals surface area contributed by atoms with Crippen LogP contribution in [0, 0.1) is 0 Å². The van der Waals surface area contributed by atoms with Crippen molar-refractivity contribution in [2.45, 2.75) is 13.3 Å². The van der Waals surface area contributed by atoms with Crippen molar-refractivity contribution in [2.24, 2.45) is 0 Å². The average molecular weight is 194 g/mol. The van der Waals surface area contributed by atoms with Gasteiger partial charge in [-0.3, -0.25) is 0 Å². The van der Waals surface area contributed by atoms with Crippen LogP contribution < -0.4 is 11.5 Å². The van der Waals surface area contributed by atoms with Crippen molar-refractivity contribution in [3.05, 3.63) is 23.3 Å². The Morgan fingerprint density at radius 3 is 2.57 bits per heavy atom. The number of carbonyl (C=O) groups is 1. The summed E-state index contributed by atoms with van der Waals surface area (Å²) in [4.78, 5) is 11.2. The predicted octanol–water partition coefficient (Wildman–Crippen LogP) is 1.20. The van der Waals surface area contributed by atoms with E-state index >= 15 is 0 Å². The maximum absolute atomic E-state index is 11.2. The van der Waals surface area contributed by atoms with Crippen LogP contribution in [0.3, 0.4) is 0 Å². The summed E-state index contributed by atoms with van der Waals surface area (Å²) in [6.45, 7) is 1.95. The fourth-order valence-corrected chi connectivity index (χ4v) is 1.27. The molecular formula is C10H14N2O2. The maximum Gasteiger partial charge on any atom is 0.337 e. The largest absolute Gasteiger partial charge is 0.465 e. The molecule has 4 heteroatoms. The summed E-state index contributed by atoms with van der Waals surface area (Å²) in [7, 11) is 1.33. The second kappa shape index (κ2) is 4.00. The van der Waals surface area contributed by atoms with Gasteiger partial charge in [0.15, 0.2) is 0 Å². The van der Waals surface area contributed by atoms with Gasteiger partial charge in [0.2, 0.25) is 0 Å². The minimum absolute atomic E-state index is 0.397. The molecule has 0 heterocycles. The van der Waals surface area contributed by atoms with E-state index in [-0.39, 0.29) is 0 Å². The smallest absolute Gasteiger partial charge is 0.337 e. The van der Waals surface area contributed by atoms with Crippen LogP contribution in [0.4, 0.5) is 11.4 Å². The van der Waals surface area contributed by atoms with Gasteiger partial charge in [-0.05, 0) is 24.1 Å². The minimum Gasteiger partial charge on any atom is -0.465 e. The third-order valence-corrected chi connectivity index (χ3v) is 2.10. The number of hydrogen-bond acceptors (Lipinski definition) is 4. The molecule has 0 radical (unpaired) electrons. The molecule has 0 spiro atoms. The average Bonchev–Trinajstić information content (AvgIpc) is 2.20. The van der Waals surface area contributed by atoms with E-state index < -0.39 is 5.97 Å². The van der Waals surface area contributed by atoms with Crippen LogP contribution in [0.5, 0.6) is 0 Å². The fraction of sp³-hybridized carbons (Fsp3) is 0.300. The molecular weight excluding hydrogens is 180 g/mol. The quantitative estimate of drug-likeness (QED) is 0.547. The van der Waals surface area contributed by atoms with Gasteiger partial charge >= 0.3 is 5.97 Å². The van der Waals surface area contributed by atoms with Gasteiger partial charge < -0.3 is 16.2 Å². The van der Waals surface area contributed by atoms with E-state index in [9.17, 15) is 4.79 Å². The van der Waals surface area contributed by atoms with Gasteiger partial charge in [0.05, 0.1) is 24.0 Å². The first-order chi connectivity index (χ1) is 6.60. The molecule has 76 valence electrons. The van der Waals surface area contributed by atoms with E-state index in [0.29, 0.717) is 16.9 Å². The predicted molar refractivity (Wildman–Crippen MR) is 56.0 cm³/mol. The van der Waals surface area contributed by atoms with Crippen molar-refractivity contribution in [3.8, 4) is 0 Å². The molecule has 0 unspecified atom stereocenters. The molecule has 1 aromatic carbocycles. The lowest BCUT2D eigenvalue weighted by atomic mass is 10.0. The molecule has 0 fully saturated rings. The molecule has 4 nitrogen and oxygen atoms in total. The zero-order chi connectivity index (χ0) is 10.7. The van der Waals surface area contributed by atoms with Crippen molar-refractivity contribution in [1.82, 2.24) is 0 Å². The van der Waals surface area contributed by atoms with Crippen molar-refractivity contribution < 1.29 is 9.53 Å². The van der Waals surface area contributed by atoms with Gasteiger partial charge in [-0.2, -0.15) is 0 Å². The highest BCUT2D eigenvalue weighted by Gasteiger charge is 2.10. The number of anilines is 2. The summed E-state index contributed by atoms with van der Waals surface area (Å²) in [5.41, 5.74) is 13.7. The normalized spacial score (nSPS) is 9.86. The molecule has 1 rings (SSSR count). The molecule has 1 aromatic rings. The summed E-state index contributed by atoms with van der Waals surface area (Å²) in [5, 5.41) is 0. The highest BCUT2D eigenvalue weighted by Crippen LogP contribution is 2.23. The zero-order valence-electron chi connectivity index (χ0n) is 8.33. The summed E-state index contributed by atoms with van der Waals surface area (Å²) in [5.74, 6) is -0.397. The Kier molecular flexibility index (Phi) is 2.96. The number of ether oxygens (including phenoxy) is 1. The molecule has 14 heavy (non-hydrogen) atoms. The van der Waals surface area contributed by atoms with E-state index in [1.165, 1.54) is 13.2 Å². The number of hydrogen-bond donors (Lipinski definition) is 2. The van der Waals surface area contributed by atoms with Crippen LogP contribution in [0.15, 0.2) is 12.1 Å². The number of esters is 1. The number of benzene rings is 1. The minimum atomic E-state index is -0.397. The van der Waals surface area contributed by atoms with Crippen LogP contribution in [0.1, 0.15) is 22.8 Å². The SMILES string of the molecule is CCc1cc(C(=O)OC)cc(N)c1N. The van der Waals surface area contributed by atoms with E-state index in [2.05, 4.69) is 4.74 Å². The lowest BCUT2D eigenvalue weighted by molar-refractivity contribution is 0.0600. The first-order valence-corrected chi connectivity index (χ1v) is 4.36. The van der Waals surface area contributed by atoms with Crippen molar-refractivity contribution >= 4 is 17.3 Å². The molecule has 0 bridgehead atoms. The molecule has 0 aromatic heterocycles. The number of nitrogen functional groups attached to an aromatic ring is 2. The van der Waals surface area contributed by atoms with Crippen LogP contribution in [0.25, 0.3) is 0 Å².